The van der Waals surface area contributed by atoms with Crippen LogP contribution in [0.15, 0.2) is 30.3 Å². The van der Waals surface area contributed by atoms with Gasteiger partial charge < -0.3 is 16.0 Å². The SMILES string of the molecule is CC1CC(NC(=O)CCCN)C(=O)N1c1ccccc1.Cl. The molecule has 1 aliphatic heterocycles. The van der Waals surface area contributed by atoms with Crippen LogP contribution < -0.4 is 16.0 Å². The maximum absolute atomic E-state index is 12.4. The van der Waals surface area contributed by atoms with E-state index in [-0.39, 0.29) is 30.3 Å². The van der Waals surface area contributed by atoms with Crippen molar-refractivity contribution in [3.05, 3.63) is 30.3 Å². The largest absolute Gasteiger partial charge is 0.344 e. The van der Waals surface area contributed by atoms with Crippen LogP contribution >= 0.6 is 12.4 Å². The molecule has 0 aromatic heterocycles. The van der Waals surface area contributed by atoms with Crippen LogP contribution in [-0.2, 0) is 9.59 Å². The summed E-state index contributed by atoms with van der Waals surface area (Å²) in [6, 6.07) is 9.21. The van der Waals surface area contributed by atoms with Gasteiger partial charge in [-0.2, -0.15) is 0 Å². The van der Waals surface area contributed by atoms with E-state index in [9.17, 15) is 9.59 Å². The van der Waals surface area contributed by atoms with E-state index in [1.54, 1.807) is 4.90 Å². The summed E-state index contributed by atoms with van der Waals surface area (Å²) >= 11 is 0. The molecule has 2 rings (SSSR count). The summed E-state index contributed by atoms with van der Waals surface area (Å²) in [5.74, 6) is -0.138. The zero-order chi connectivity index (χ0) is 14.5. The monoisotopic (exact) mass is 311 g/mol. The molecule has 3 N–H and O–H groups in total. The predicted molar refractivity (Wildman–Crippen MR) is 85.5 cm³/mol. The molecule has 0 bridgehead atoms. The number of nitrogens with two attached hydrogens (primary N) is 1. The summed E-state index contributed by atoms with van der Waals surface area (Å²) in [5, 5.41) is 2.81. The lowest BCUT2D eigenvalue weighted by atomic mass is 10.2. The van der Waals surface area contributed by atoms with Crippen molar-refractivity contribution >= 4 is 29.9 Å². The topological polar surface area (TPSA) is 75.4 Å². The Kier molecular flexibility index (Phi) is 6.65. The zero-order valence-corrected chi connectivity index (χ0v) is 12.9. The minimum absolute atomic E-state index is 0. The summed E-state index contributed by atoms with van der Waals surface area (Å²) in [7, 11) is 0. The zero-order valence-electron chi connectivity index (χ0n) is 12.1. The van der Waals surface area contributed by atoms with E-state index in [1.807, 2.05) is 37.3 Å². The van der Waals surface area contributed by atoms with Gasteiger partial charge in [-0.05, 0) is 38.4 Å². The van der Waals surface area contributed by atoms with Gasteiger partial charge in [-0.25, -0.2) is 0 Å². The third-order valence-corrected chi connectivity index (χ3v) is 3.53. The first kappa shape index (κ1) is 17.5. The molecule has 1 saturated heterocycles. The van der Waals surface area contributed by atoms with Crippen molar-refractivity contribution in [2.24, 2.45) is 5.73 Å². The lowest BCUT2D eigenvalue weighted by Gasteiger charge is -2.21. The van der Waals surface area contributed by atoms with Crippen molar-refractivity contribution in [1.82, 2.24) is 5.32 Å². The Hall–Kier alpha value is -1.59. The minimum Gasteiger partial charge on any atom is -0.344 e. The van der Waals surface area contributed by atoms with Gasteiger partial charge in [0.05, 0.1) is 0 Å². The molecule has 2 atom stereocenters. The molecule has 1 aromatic rings. The van der Waals surface area contributed by atoms with Gasteiger partial charge in [-0.3, -0.25) is 9.59 Å². The van der Waals surface area contributed by atoms with E-state index in [2.05, 4.69) is 5.32 Å². The lowest BCUT2D eigenvalue weighted by molar-refractivity contribution is -0.126. The normalized spacial score (nSPS) is 21.0. The Morgan fingerprint density at radius 2 is 2.05 bits per heavy atom. The fraction of sp³-hybridized carbons (Fsp3) is 0.467. The number of halogens is 1. The van der Waals surface area contributed by atoms with Crippen LogP contribution in [0, 0.1) is 0 Å². The Labute approximate surface area is 131 Å². The first-order chi connectivity index (χ1) is 9.63. The fourth-order valence-electron chi connectivity index (χ4n) is 2.55. The van der Waals surface area contributed by atoms with Crippen LogP contribution in [0.1, 0.15) is 26.2 Å². The number of nitrogens with one attached hydrogen (secondary N) is 1. The van der Waals surface area contributed by atoms with Gasteiger partial charge in [0.2, 0.25) is 11.8 Å². The van der Waals surface area contributed by atoms with Gasteiger partial charge in [0.15, 0.2) is 0 Å². The number of amides is 2. The molecule has 2 unspecified atom stereocenters. The molecule has 1 fully saturated rings. The van der Waals surface area contributed by atoms with Crippen LogP contribution in [0.5, 0.6) is 0 Å². The van der Waals surface area contributed by atoms with Crippen LogP contribution in [0.25, 0.3) is 0 Å². The molecule has 1 aliphatic rings. The number of hydrogen-bond donors (Lipinski definition) is 2. The third-order valence-electron chi connectivity index (χ3n) is 3.53. The van der Waals surface area contributed by atoms with Crippen molar-refractivity contribution in [3.63, 3.8) is 0 Å². The second-order valence-electron chi connectivity index (χ2n) is 5.14. The molecule has 1 aromatic carbocycles. The molecule has 5 nitrogen and oxygen atoms in total. The molecular formula is C15H22ClN3O2. The van der Waals surface area contributed by atoms with E-state index >= 15 is 0 Å². The second-order valence-corrected chi connectivity index (χ2v) is 5.14. The van der Waals surface area contributed by atoms with Gasteiger partial charge in [-0.1, -0.05) is 18.2 Å². The third kappa shape index (κ3) is 4.19. The Morgan fingerprint density at radius 1 is 1.38 bits per heavy atom. The number of benzene rings is 1. The van der Waals surface area contributed by atoms with Gasteiger partial charge in [0.25, 0.3) is 0 Å². The summed E-state index contributed by atoms with van der Waals surface area (Å²) in [6.07, 6.45) is 1.66. The van der Waals surface area contributed by atoms with E-state index in [1.165, 1.54) is 0 Å². The molecule has 0 saturated carbocycles. The number of rotatable bonds is 5. The average molecular weight is 312 g/mol. The Morgan fingerprint density at radius 3 is 2.67 bits per heavy atom. The fourth-order valence-corrected chi connectivity index (χ4v) is 2.55. The molecule has 0 aliphatic carbocycles. The van der Waals surface area contributed by atoms with Crippen molar-refractivity contribution in [2.75, 3.05) is 11.4 Å². The first-order valence-electron chi connectivity index (χ1n) is 7.01. The number of para-hydroxylation sites is 1. The summed E-state index contributed by atoms with van der Waals surface area (Å²) in [6.45, 7) is 2.48. The van der Waals surface area contributed by atoms with Crippen LogP contribution in [-0.4, -0.2) is 30.4 Å². The molecule has 0 radical (unpaired) electrons. The summed E-state index contributed by atoms with van der Waals surface area (Å²) in [4.78, 5) is 25.9. The highest BCUT2D eigenvalue weighted by atomic mass is 35.5. The highest BCUT2D eigenvalue weighted by Gasteiger charge is 2.38. The van der Waals surface area contributed by atoms with Crippen LogP contribution in [0.4, 0.5) is 5.69 Å². The number of anilines is 1. The van der Waals surface area contributed by atoms with Gasteiger partial charge in [0, 0.05) is 18.2 Å². The van der Waals surface area contributed by atoms with Crippen molar-refractivity contribution in [2.45, 2.75) is 38.3 Å². The molecule has 1 heterocycles. The van der Waals surface area contributed by atoms with Crippen molar-refractivity contribution in [1.29, 1.82) is 0 Å². The van der Waals surface area contributed by atoms with Gasteiger partial charge in [-0.15, -0.1) is 12.4 Å². The Balaban J connectivity index is 0.00000220. The van der Waals surface area contributed by atoms with E-state index in [0.29, 0.717) is 25.8 Å². The van der Waals surface area contributed by atoms with Crippen molar-refractivity contribution < 1.29 is 9.59 Å². The number of nitrogens with zero attached hydrogens (tertiary/aromatic N) is 1. The number of hydrogen-bond acceptors (Lipinski definition) is 3. The van der Waals surface area contributed by atoms with Crippen LogP contribution in [0.2, 0.25) is 0 Å². The smallest absolute Gasteiger partial charge is 0.249 e. The van der Waals surface area contributed by atoms with Crippen molar-refractivity contribution in [3.8, 4) is 0 Å². The number of carbonyl (C=O) groups is 2. The second kappa shape index (κ2) is 8.00. The maximum Gasteiger partial charge on any atom is 0.249 e. The standard InChI is InChI=1S/C15H21N3O2.ClH/c1-11-10-13(17-14(19)8-5-9-16)15(20)18(11)12-6-3-2-4-7-12;/h2-4,6-7,11,13H,5,8-10,16H2,1H3,(H,17,19);1H. The molecule has 0 spiro atoms. The molecule has 6 heteroatoms. The van der Waals surface area contributed by atoms with Gasteiger partial charge in [0.1, 0.15) is 6.04 Å². The Bertz CT molecular complexity index is 481. The quantitative estimate of drug-likeness (QED) is 0.864. The maximum atomic E-state index is 12.4. The molecule has 21 heavy (non-hydrogen) atoms. The molecule has 116 valence electrons. The van der Waals surface area contributed by atoms with E-state index < -0.39 is 6.04 Å². The highest BCUT2D eigenvalue weighted by Crippen LogP contribution is 2.26. The van der Waals surface area contributed by atoms with Crippen LogP contribution in [0.3, 0.4) is 0 Å². The van der Waals surface area contributed by atoms with E-state index in [4.69, 9.17) is 5.73 Å². The lowest BCUT2D eigenvalue weighted by Crippen LogP contribution is -2.42. The molecular weight excluding hydrogens is 290 g/mol. The molecule has 2 amide bonds. The summed E-state index contributed by atoms with van der Waals surface area (Å²) in [5.41, 5.74) is 6.26. The average Bonchev–Trinajstić information content (AvgIpc) is 2.72. The minimum atomic E-state index is -0.421. The predicted octanol–water partition coefficient (Wildman–Crippen LogP) is 1.46. The van der Waals surface area contributed by atoms with E-state index in [0.717, 1.165) is 5.69 Å². The van der Waals surface area contributed by atoms with Gasteiger partial charge >= 0.3 is 0 Å². The highest BCUT2D eigenvalue weighted by molar-refractivity contribution is 6.01. The number of carbonyl (C=O) groups excluding carboxylic acids is 2. The first-order valence-corrected chi connectivity index (χ1v) is 7.01. The summed E-state index contributed by atoms with van der Waals surface area (Å²) < 4.78 is 0.